The maximum absolute atomic E-state index is 13.5. The predicted molar refractivity (Wildman–Crippen MR) is 118 cm³/mol. The van der Waals surface area contributed by atoms with Gasteiger partial charge in [0.15, 0.2) is 5.13 Å². The highest BCUT2D eigenvalue weighted by Gasteiger charge is 2.20. The van der Waals surface area contributed by atoms with Crippen LogP contribution in [0.1, 0.15) is 5.56 Å². The van der Waals surface area contributed by atoms with Crippen LogP contribution in [0, 0.1) is 17.1 Å². The van der Waals surface area contributed by atoms with Crippen molar-refractivity contribution >= 4 is 38.2 Å². The summed E-state index contributed by atoms with van der Waals surface area (Å²) < 4.78 is 44.8. The average Bonchev–Trinajstić information content (AvgIpc) is 3.19. The summed E-state index contributed by atoms with van der Waals surface area (Å²) in [7, 11) is 0.678. The Bertz CT molecular complexity index is 1300. The Hall–Kier alpha value is -3.53. The molecular formula is C20H18FN5O4S2. The van der Waals surface area contributed by atoms with Crippen LogP contribution in [0.15, 0.2) is 53.6 Å². The quantitative estimate of drug-likeness (QED) is 0.579. The lowest BCUT2D eigenvalue weighted by Gasteiger charge is -2.19. The van der Waals surface area contributed by atoms with Crippen LogP contribution in [0.2, 0.25) is 0 Å². The van der Waals surface area contributed by atoms with Crippen molar-refractivity contribution in [1.29, 1.82) is 5.26 Å². The van der Waals surface area contributed by atoms with Crippen molar-refractivity contribution in [2.24, 2.45) is 0 Å². The summed E-state index contributed by atoms with van der Waals surface area (Å²) in [5.74, 6) is -0.490. The molecule has 3 rings (SSSR count). The van der Waals surface area contributed by atoms with E-state index < -0.39 is 21.9 Å². The number of nitrogens with one attached hydrogen (secondary N) is 1. The molecule has 0 bridgehead atoms. The molecule has 0 unspecified atom stereocenters. The van der Waals surface area contributed by atoms with E-state index >= 15 is 0 Å². The number of nitrogens with zero attached hydrogens (tertiary/aromatic N) is 4. The third-order valence-electron chi connectivity index (χ3n) is 4.21. The summed E-state index contributed by atoms with van der Waals surface area (Å²) in [6.07, 6.45) is 1.35. The summed E-state index contributed by atoms with van der Waals surface area (Å²) in [6.45, 7) is 0. The summed E-state index contributed by atoms with van der Waals surface area (Å²) in [6, 6.07) is 10.8. The largest absolute Gasteiger partial charge is 0.445 e. The Morgan fingerprint density at radius 2 is 1.97 bits per heavy atom. The zero-order valence-electron chi connectivity index (χ0n) is 17.2. The molecule has 2 amide bonds. The van der Waals surface area contributed by atoms with Crippen molar-refractivity contribution < 1.29 is 22.3 Å². The van der Waals surface area contributed by atoms with E-state index in [1.165, 1.54) is 50.4 Å². The molecule has 9 nitrogen and oxygen atoms in total. The fourth-order valence-corrected chi connectivity index (χ4v) is 4.14. The number of benzene rings is 2. The molecule has 0 atom stereocenters. The van der Waals surface area contributed by atoms with Crippen LogP contribution in [0.5, 0.6) is 10.8 Å². The van der Waals surface area contributed by atoms with Gasteiger partial charge in [0.25, 0.3) is 0 Å². The van der Waals surface area contributed by atoms with Gasteiger partial charge in [-0.3, -0.25) is 10.2 Å². The van der Waals surface area contributed by atoms with E-state index in [1.54, 1.807) is 12.1 Å². The monoisotopic (exact) mass is 475 g/mol. The van der Waals surface area contributed by atoms with Gasteiger partial charge < -0.3 is 4.74 Å². The first-order valence-corrected chi connectivity index (χ1v) is 11.3. The first-order chi connectivity index (χ1) is 15.1. The number of sulfonamides is 1. The summed E-state index contributed by atoms with van der Waals surface area (Å²) in [5, 5.41) is 12.0. The molecule has 0 aliphatic carbocycles. The minimum Gasteiger partial charge on any atom is -0.445 e. The SMILES string of the molecule is CN(C(=O)Nc1ncc(Oc2cc(F)cc(C#N)c2)s1)c1cccc(S(=O)(=O)N(C)C)c1. The molecule has 0 aliphatic rings. The number of carbonyl (C=O) groups excluding carboxylic acids is 1. The molecule has 1 N–H and O–H groups in total. The van der Waals surface area contributed by atoms with Crippen molar-refractivity contribution in [1.82, 2.24) is 9.29 Å². The van der Waals surface area contributed by atoms with E-state index in [0.29, 0.717) is 5.69 Å². The van der Waals surface area contributed by atoms with E-state index in [-0.39, 0.29) is 26.4 Å². The van der Waals surface area contributed by atoms with E-state index in [0.717, 1.165) is 27.8 Å². The lowest BCUT2D eigenvalue weighted by Crippen LogP contribution is -2.31. The summed E-state index contributed by atoms with van der Waals surface area (Å²) in [4.78, 5) is 17.9. The van der Waals surface area contributed by atoms with E-state index in [9.17, 15) is 17.6 Å². The molecule has 0 saturated carbocycles. The number of carbonyl (C=O) groups is 1. The molecule has 0 spiro atoms. The highest BCUT2D eigenvalue weighted by molar-refractivity contribution is 7.89. The number of hydrogen-bond acceptors (Lipinski definition) is 7. The third kappa shape index (κ3) is 5.20. The molecule has 0 saturated heterocycles. The van der Waals surface area contributed by atoms with Gasteiger partial charge in [0, 0.05) is 32.9 Å². The van der Waals surface area contributed by atoms with Crippen LogP contribution in [0.3, 0.4) is 0 Å². The highest BCUT2D eigenvalue weighted by atomic mass is 32.2. The summed E-state index contributed by atoms with van der Waals surface area (Å²) in [5.41, 5.74) is 0.473. The fourth-order valence-electron chi connectivity index (χ4n) is 2.52. The molecular weight excluding hydrogens is 457 g/mol. The van der Waals surface area contributed by atoms with Crippen LogP contribution in [0.25, 0.3) is 0 Å². The number of anilines is 2. The standard InChI is InChI=1S/C20H18FN5O4S2/c1-25(2)32(28,29)17-6-4-5-15(10-17)26(3)20(27)24-19-23-12-18(31-19)30-16-8-13(11-22)7-14(21)9-16/h4-10,12H,1-3H3,(H,23,24,27). The molecule has 12 heteroatoms. The lowest BCUT2D eigenvalue weighted by atomic mass is 10.2. The number of amides is 2. The third-order valence-corrected chi connectivity index (χ3v) is 6.81. The van der Waals surface area contributed by atoms with Gasteiger partial charge in [0.1, 0.15) is 11.6 Å². The van der Waals surface area contributed by atoms with Crippen LogP contribution in [-0.4, -0.2) is 44.9 Å². The number of ether oxygens (including phenoxy) is 1. The maximum atomic E-state index is 13.5. The van der Waals surface area contributed by atoms with Crippen LogP contribution in [0.4, 0.5) is 20.0 Å². The first kappa shape index (κ1) is 23.1. The molecule has 0 aliphatic heterocycles. The number of hydrogen-bond donors (Lipinski definition) is 1. The van der Waals surface area contributed by atoms with E-state index in [1.807, 2.05) is 6.07 Å². The van der Waals surface area contributed by atoms with Crippen molar-refractivity contribution in [3.8, 4) is 16.9 Å². The lowest BCUT2D eigenvalue weighted by molar-refractivity contribution is 0.258. The minimum absolute atomic E-state index is 0.0522. The zero-order valence-corrected chi connectivity index (χ0v) is 18.9. The number of rotatable bonds is 6. The molecule has 0 fully saturated rings. The Kier molecular flexibility index (Phi) is 6.73. The fraction of sp³-hybridized carbons (Fsp3) is 0.150. The van der Waals surface area contributed by atoms with Crippen molar-refractivity contribution in [2.45, 2.75) is 4.90 Å². The molecule has 2 aromatic carbocycles. The molecule has 166 valence electrons. The normalized spacial score (nSPS) is 11.1. The number of thiazole rings is 1. The van der Waals surface area contributed by atoms with Crippen LogP contribution >= 0.6 is 11.3 Å². The molecule has 1 heterocycles. The van der Waals surface area contributed by atoms with Gasteiger partial charge >= 0.3 is 6.03 Å². The number of urea groups is 1. The van der Waals surface area contributed by atoms with E-state index in [4.69, 9.17) is 10.00 Å². The second-order valence-electron chi connectivity index (χ2n) is 6.65. The first-order valence-electron chi connectivity index (χ1n) is 9.02. The second-order valence-corrected chi connectivity index (χ2v) is 9.79. The molecule has 0 radical (unpaired) electrons. The molecule has 1 aromatic heterocycles. The smallest absolute Gasteiger partial charge is 0.327 e. The Labute approximate surface area is 188 Å². The molecule has 32 heavy (non-hydrogen) atoms. The average molecular weight is 476 g/mol. The summed E-state index contributed by atoms with van der Waals surface area (Å²) >= 11 is 0.999. The van der Waals surface area contributed by atoms with Crippen LogP contribution < -0.4 is 15.0 Å². The Morgan fingerprint density at radius 3 is 2.66 bits per heavy atom. The number of halogens is 1. The van der Waals surface area contributed by atoms with Gasteiger partial charge in [-0.2, -0.15) is 5.26 Å². The highest BCUT2D eigenvalue weighted by Crippen LogP contribution is 2.31. The Morgan fingerprint density at radius 1 is 1.22 bits per heavy atom. The Balaban J connectivity index is 1.72. The number of nitriles is 1. The van der Waals surface area contributed by atoms with Crippen LogP contribution in [-0.2, 0) is 10.0 Å². The minimum atomic E-state index is -3.65. The predicted octanol–water partition coefficient (Wildman–Crippen LogP) is 3.86. The van der Waals surface area contributed by atoms with Crippen molar-refractivity contribution in [3.05, 3.63) is 60.0 Å². The number of aromatic nitrogens is 1. The van der Waals surface area contributed by atoms with Gasteiger partial charge in [-0.1, -0.05) is 17.4 Å². The van der Waals surface area contributed by atoms with E-state index in [2.05, 4.69) is 10.3 Å². The topological polar surface area (TPSA) is 116 Å². The second kappa shape index (κ2) is 9.31. The molecule has 3 aromatic rings. The van der Waals surface area contributed by atoms with Crippen molar-refractivity contribution in [2.75, 3.05) is 31.4 Å². The van der Waals surface area contributed by atoms with Gasteiger partial charge in [-0.15, -0.1) is 0 Å². The zero-order chi connectivity index (χ0) is 23.5. The van der Waals surface area contributed by atoms with Crippen molar-refractivity contribution in [3.63, 3.8) is 0 Å². The van der Waals surface area contributed by atoms with Gasteiger partial charge in [-0.25, -0.2) is 26.9 Å². The van der Waals surface area contributed by atoms with Gasteiger partial charge in [-0.05, 0) is 30.3 Å². The van der Waals surface area contributed by atoms with Gasteiger partial charge in [0.05, 0.1) is 22.7 Å². The van der Waals surface area contributed by atoms with Gasteiger partial charge in [0.2, 0.25) is 15.1 Å². The maximum Gasteiger partial charge on any atom is 0.327 e.